The molecule has 0 aliphatic carbocycles. The van der Waals surface area contributed by atoms with E-state index in [0.717, 1.165) is 16.5 Å². The van der Waals surface area contributed by atoms with Crippen molar-refractivity contribution < 1.29 is 14.4 Å². The second kappa shape index (κ2) is 8.04. The van der Waals surface area contributed by atoms with Gasteiger partial charge in [0.05, 0.1) is 0 Å². The number of nitrogens with zero attached hydrogens (tertiary/aromatic N) is 2. The van der Waals surface area contributed by atoms with Gasteiger partial charge >= 0.3 is 0 Å². The first-order valence-electron chi connectivity index (χ1n) is 9.69. The van der Waals surface area contributed by atoms with E-state index in [4.69, 9.17) is 0 Å². The number of nitrogens with one attached hydrogen (secondary N) is 2. The molecule has 0 unspecified atom stereocenters. The number of benzene rings is 1. The first-order chi connectivity index (χ1) is 13.3. The van der Waals surface area contributed by atoms with Crippen molar-refractivity contribution in [3.63, 3.8) is 0 Å². The van der Waals surface area contributed by atoms with E-state index in [2.05, 4.69) is 16.4 Å². The Labute approximate surface area is 165 Å². The fraction of sp³-hybridized carbons (Fsp3) is 0.476. The average Bonchev–Trinajstić information content (AvgIpc) is 3.10. The molecule has 3 rings (SSSR count). The molecule has 2 N–H and O–H groups in total. The summed E-state index contributed by atoms with van der Waals surface area (Å²) in [7, 11) is 0. The largest absolute Gasteiger partial charge is 0.361 e. The summed E-state index contributed by atoms with van der Waals surface area (Å²) in [6, 6.07) is 8.04. The van der Waals surface area contributed by atoms with E-state index < -0.39 is 5.41 Å². The van der Waals surface area contributed by atoms with Crippen molar-refractivity contribution in [1.82, 2.24) is 20.1 Å². The average molecular weight is 384 g/mol. The molecule has 2 aromatic rings. The number of fused-ring (bicyclic) bond motifs is 1. The van der Waals surface area contributed by atoms with Gasteiger partial charge in [0, 0.05) is 56.7 Å². The van der Waals surface area contributed by atoms with Crippen molar-refractivity contribution >= 4 is 28.6 Å². The van der Waals surface area contributed by atoms with Crippen LogP contribution in [0.1, 0.15) is 26.3 Å². The zero-order valence-corrected chi connectivity index (χ0v) is 16.7. The van der Waals surface area contributed by atoms with Crippen LogP contribution >= 0.6 is 0 Å². The van der Waals surface area contributed by atoms with Gasteiger partial charge in [0.15, 0.2) is 0 Å². The smallest absolute Gasteiger partial charge is 0.237 e. The summed E-state index contributed by atoms with van der Waals surface area (Å²) in [5.74, 6) is -0.451. The number of amides is 3. The minimum atomic E-state index is -1.14. The maximum absolute atomic E-state index is 12.9. The Kier molecular flexibility index (Phi) is 5.72. The minimum Gasteiger partial charge on any atom is -0.361 e. The number of rotatable bonds is 5. The van der Waals surface area contributed by atoms with Crippen LogP contribution in [0.5, 0.6) is 0 Å². The van der Waals surface area contributed by atoms with Crippen LogP contribution in [0, 0.1) is 5.41 Å². The molecule has 3 amide bonds. The molecule has 1 aliphatic rings. The molecule has 1 aliphatic heterocycles. The molecule has 1 aromatic heterocycles. The molecular formula is C21H28N4O3. The Bertz CT molecular complexity index is 879. The van der Waals surface area contributed by atoms with Gasteiger partial charge in [-0.25, -0.2) is 0 Å². The van der Waals surface area contributed by atoms with Crippen LogP contribution < -0.4 is 5.32 Å². The summed E-state index contributed by atoms with van der Waals surface area (Å²) in [5.41, 5.74) is 1.07. The second-order valence-electron chi connectivity index (χ2n) is 7.79. The lowest BCUT2D eigenvalue weighted by molar-refractivity contribution is -0.151. The third-order valence-corrected chi connectivity index (χ3v) is 5.47. The van der Waals surface area contributed by atoms with Crippen LogP contribution in [-0.4, -0.2) is 65.2 Å². The fourth-order valence-corrected chi connectivity index (χ4v) is 3.59. The van der Waals surface area contributed by atoms with Crippen molar-refractivity contribution in [3.05, 3.63) is 36.0 Å². The van der Waals surface area contributed by atoms with Gasteiger partial charge in [-0.2, -0.15) is 0 Å². The highest BCUT2D eigenvalue weighted by molar-refractivity contribution is 6.04. The molecule has 28 heavy (non-hydrogen) atoms. The van der Waals surface area contributed by atoms with Gasteiger partial charge in [-0.3, -0.25) is 14.4 Å². The molecule has 0 bridgehead atoms. The number of aromatic amines is 1. The summed E-state index contributed by atoms with van der Waals surface area (Å²) in [6.07, 6.45) is 2.65. The maximum atomic E-state index is 12.9. The third kappa shape index (κ3) is 4.03. The predicted molar refractivity (Wildman–Crippen MR) is 108 cm³/mol. The van der Waals surface area contributed by atoms with E-state index in [1.165, 1.54) is 6.92 Å². The Balaban J connectivity index is 1.54. The highest BCUT2D eigenvalue weighted by Crippen LogP contribution is 2.21. The van der Waals surface area contributed by atoms with Gasteiger partial charge in [-0.1, -0.05) is 18.2 Å². The topological polar surface area (TPSA) is 85.5 Å². The normalized spacial score (nSPS) is 15.0. The molecule has 1 saturated heterocycles. The van der Waals surface area contributed by atoms with Crippen molar-refractivity contribution in [2.75, 3.05) is 32.7 Å². The van der Waals surface area contributed by atoms with Gasteiger partial charge in [-0.05, 0) is 31.9 Å². The highest BCUT2D eigenvalue weighted by Gasteiger charge is 2.40. The van der Waals surface area contributed by atoms with Crippen LogP contribution in [0.2, 0.25) is 0 Å². The van der Waals surface area contributed by atoms with Gasteiger partial charge in [-0.15, -0.1) is 0 Å². The summed E-state index contributed by atoms with van der Waals surface area (Å²) in [5, 5.41) is 4.06. The van der Waals surface area contributed by atoms with E-state index in [-0.39, 0.29) is 17.7 Å². The van der Waals surface area contributed by atoms with Crippen LogP contribution in [0.25, 0.3) is 10.9 Å². The number of H-pyrrole nitrogens is 1. The Morgan fingerprint density at radius 2 is 1.71 bits per heavy atom. The summed E-state index contributed by atoms with van der Waals surface area (Å²) < 4.78 is 0. The molecule has 7 nitrogen and oxygen atoms in total. The summed E-state index contributed by atoms with van der Waals surface area (Å²) in [6.45, 7) is 7.27. The van der Waals surface area contributed by atoms with Crippen LogP contribution in [0.3, 0.4) is 0 Å². The fourth-order valence-electron chi connectivity index (χ4n) is 3.59. The molecule has 0 atom stereocenters. The first kappa shape index (κ1) is 19.9. The SMILES string of the molecule is CC(=O)N1CCN(C(=O)C(C)(C)C(=O)NCCc2c[nH]c3ccccc23)CC1. The van der Waals surface area contributed by atoms with Crippen molar-refractivity contribution in [1.29, 1.82) is 0 Å². The van der Waals surface area contributed by atoms with Gasteiger partial charge in [0.1, 0.15) is 5.41 Å². The number of carbonyl (C=O) groups is 3. The Hall–Kier alpha value is -2.83. The number of para-hydroxylation sites is 1. The van der Waals surface area contributed by atoms with Gasteiger partial charge < -0.3 is 20.1 Å². The quantitative estimate of drug-likeness (QED) is 0.767. The van der Waals surface area contributed by atoms with Crippen molar-refractivity contribution in [3.8, 4) is 0 Å². The molecule has 0 saturated carbocycles. The molecule has 1 fully saturated rings. The number of piperazine rings is 1. The Morgan fingerprint density at radius 1 is 1.07 bits per heavy atom. The Morgan fingerprint density at radius 3 is 2.39 bits per heavy atom. The summed E-state index contributed by atoms with van der Waals surface area (Å²) in [4.78, 5) is 43.6. The monoisotopic (exact) mass is 384 g/mol. The zero-order chi connectivity index (χ0) is 20.3. The first-order valence-corrected chi connectivity index (χ1v) is 9.69. The predicted octanol–water partition coefficient (Wildman–Crippen LogP) is 1.54. The lowest BCUT2D eigenvalue weighted by Gasteiger charge is -2.37. The lowest BCUT2D eigenvalue weighted by atomic mass is 9.90. The zero-order valence-electron chi connectivity index (χ0n) is 16.7. The number of hydrogen-bond acceptors (Lipinski definition) is 3. The molecule has 1 aromatic carbocycles. The van der Waals surface area contributed by atoms with E-state index in [9.17, 15) is 14.4 Å². The summed E-state index contributed by atoms with van der Waals surface area (Å²) >= 11 is 0. The number of carbonyl (C=O) groups excluding carboxylic acids is 3. The van der Waals surface area contributed by atoms with E-state index in [1.807, 2.05) is 24.4 Å². The van der Waals surface area contributed by atoms with E-state index in [0.29, 0.717) is 39.1 Å². The third-order valence-electron chi connectivity index (χ3n) is 5.47. The second-order valence-corrected chi connectivity index (χ2v) is 7.79. The standard InChI is InChI=1S/C21H28N4O3/c1-15(26)24-10-12-25(13-11-24)20(28)21(2,3)19(27)22-9-8-16-14-23-18-7-5-4-6-17(16)18/h4-7,14,23H,8-13H2,1-3H3,(H,22,27). The van der Waals surface area contributed by atoms with Gasteiger partial charge in [0.2, 0.25) is 17.7 Å². The molecule has 2 heterocycles. The number of hydrogen-bond donors (Lipinski definition) is 2. The van der Waals surface area contributed by atoms with Crippen LogP contribution in [0.15, 0.2) is 30.5 Å². The lowest BCUT2D eigenvalue weighted by Crippen LogP contribution is -2.56. The number of aromatic nitrogens is 1. The van der Waals surface area contributed by atoms with Crippen LogP contribution in [0.4, 0.5) is 0 Å². The van der Waals surface area contributed by atoms with Gasteiger partial charge in [0.25, 0.3) is 0 Å². The van der Waals surface area contributed by atoms with Crippen LogP contribution in [-0.2, 0) is 20.8 Å². The molecule has 0 radical (unpaired) electrons. The minimum absolute atomic E-state index is 0.0152. The van der Waals surface area contributed by atoms with E-state index in [1.54, 1.807) is 23.6 Å². The molecule has 7 heteroatoms. The van der Waals surface area contributed by atoms with Crippen molar-refractivity contribution in [2.45, 2.75) is 27.2 Å². The molecule has 150 valence electrons. The highest BCUT2D eigenvalue weighted by atomic mass is 16.2. The maximum Gasteiger partial charge on any atom is 0.237 e. The van der Waals surface area contributed by atoms with Crippen molar-refractivity contribution in [2.24, 2.45) is 5.41 Å². The van der Waals surface area contributed by atoms with E-state index >= 15 is 0 Å². The molecular weight excluding hydrogens is 356 g/mol. The molecule has 0 spiro atoms.